The quantitative estimate of drug-likeness (QED) is 0.871. The average molecular weight is 307 g/mol. The Bertz CT molecular complexity index is 494. The van der Waals surface area contributed by atoms with E-state index in [1.807, 2.05) is 18.2 Å². The van der Waals surface area contributed by atoms with Gasteiger partial charge in [0.05, 0.1) is 19.3 Å². The minimum absolute atomic E-state index is 0.284. The van der Waals surface area contributed by atoms with E-state index in [1.54, 1.807) is 0 Å². The van der Waals surface area contributed by atoms with Gasteiger partial charge in [-0.1, -0.05) is 13.0 Å². The molecule has 0 aliphatic carbocycles. The van der Waals surface area contributed by atoms with Gasteiger partial charge in [0.1, 0.15) is 0 Å². The van der Waals surface area contributed by atoms with Crippen molar-refractivity contribution in [1.29, 1.82) is 0 Å². The topological polar surface area (TPSA) is 51.2 Å². The molecule has 5 heteroatoms. The lowest BCUT2D eigenvalue weighted by atomic mass is 10.0. The van der Waals surface area contributed by atoms with E-state index in [4.69, 9.17) is 14.2 Å². The van der Waals surface area contributed by atoms with Crippen molar-refractivity contribution in [3.63, 3.8) is 0 Å². The SMILES string of the molecule is C[C@H]1CCCN(C[C@@H](O)COCc2ccc3c(c2)OCO3)C1. The number of piperidine rings is 1. The molecule has 122 valence electrons. The highest BCUT2D eigenvalue weighted by atomic mass is 16.7. The molecule has 1 saturated heterocycles. The molecule has 0 aromatic heterocycles. The molecule has 5 nitrogen and oxygen atoms in total. The van der Waals surface area contributed by atoms with Crippen LogP contribution in [-0.2, 0) is 11.3 Å². The van der Waals surface area contributed by atoms with Crippen LogP contribution in [0.4, 0.5) is 0 Å². The van der Waals surface area contributed by atoms with Gasteiger partial charge in [-0.25, -0.2) is 0 Å². The first-order chi connectivity index (χ1) is 10.7. The second-order valence-corrected chi connectivity index (χ2v) is 6.36. The second-order valence-electron chi connectivity index (χ2n) is 6.36. The Balaban J connectivity index is 1.39. The van der Waals surface area contributed by atoms with Gasteiger partial charge in [-0.3, -0.25) is 0 Å². The number of ether oxygens (including phenoxy) is 3. The highest BCUT2D eigenvalue weighted by Gasteiger charge is 2.19. The van der Waals surface area contributed by atoms with Crippen LogP contribution in [0.25, 0.3) is 0 Å². The number of β-amino-alcohol motifs (C(OH)–C–C–N with tert-alkyl or cyclic N) is 1. The summed E-state index contributed by atoms with van der Waals surface area (Å²) in [5.41, 5.74) is 1.03. The van der Waals surface area contributed by atoms with Crippen molar-refractivity contribution < 1.29 is 19.3 Å². The molecule has 2 aliphatic rings. The Kier molecular flexibility index (Phi) is 5.18. The molecule has 1 fully saturated rings. The molecule has 0 unspecified atom stereocenters. The summed E-state index contributed by atoms with van der Waals surface area (Å²) < 4.78 is 16.3. The summed E-state index contributed by atoms with van der Waals surface area (Å²) >= 11 is 0. The van der Waals surface area contributed by atoms with E-state index < -0.39 is 6.10 Å². The number of aliphatic hydroxyl groups is 1. The summed E-state index contributed by atoms with van der Waals surface area (Å²) in [7, 11) is 0. The molecule has 1 aromatic rings. The van der Waals surface area contributed by atoms with Crippen LogP contribution in [0, 0.1) is 5.92 Å². The molecule has 22 heavy (non-hydrogen) atoms. The lowest BCUT2D eigenvalue weighted by Crippen LogP contribution is -2.40. The van der Waals surface area contributed by atoms with Crippen molar-refractivity contribution in [3.8, 4) is 11.5 Å². The van der Waals surface area contributed by atoms with E-state index in [0.29, 0.717) is 19.8 Å². The maximum Gasteiger partial charge on any atom is 0.231 e. The van der Waals surface area contributed by atoms with Gasteiger partial charge in [0.25, 0.3) is 0 Å². The van der Waals surface area contributed by atoms with Gasteiger partial charge in [-0.2, -0.15) is 0 Å². The standard InChI is InChI=1S/C17H25NO4/c1-13-3-2-6-18(8-13)9-15(19)11-20-10-14-4-5-16-17(7-14)22-12-21-16/h4-5,7,13,15,19H,2-3,6,8-12H2,1H3/t13-,15+/m0/s1. The van der Waals surface area contributed by atoms with E-state index in [-0.39, 0.29) is 6.79 Å². The molecule has 0 amide bonds. The van der Waals surface area contributed by atoms with Gasteiger partial charge in [0.15, 0.2) is 11.5 Å². The zero-order valence-corrected chi connectivity index (χ0v) is 13.2. The first-order valence-electron chi connectivity index (χ1n) is 8.07. The fourth-order valence-corrected chi connectivity index (χ4v) is 3.15. The summed E-state index contributed by atoms with van der Waals surface area (Å²) in [4.78, 5) is 2.34. The predicted molar refractivity (Wildman–Crippen MR) is 83.1 cm³/mol. The van der Waals surface area contributed by atoms with Gasteiger partial charge in [-0.05, 0) is 43.0 Å². The molecule has 2 atom stereocenters. The van der Waals surface area contributed by atoms with Crippen LogP contribution in [0.3, 0.4) is 0 Å². The van der Waals surface area contributed by atoms with Gasteiger partial charge in [0, 0.05) is 13.1 Å². The molecule has 1 aromatic carbocycles. The molecule has 1 N–H and O–H groups in total. The molecule has 2 aliphatic heterocycles. The molecule has 2 heterocycles. The Morgan fingerprint density at radius 2 is 2.23 bits per heavy atom. The molecule has 0 radical (unpaired) electrons. The zero-order chi connectivity index (χ0) is 15.4. The Morgan fingerprint density at radius 3 is 3.09 bits per heavy atom. The van der Waals surface area contributed by atoms with Crippen molar-refractivity contribution in [2.24, 2.45) is 5.92 Å². The minimum Gasteiger partial charge on any atom is -0.454 e. The number of rotatable bonds is 6. The summed E-state index contributed by atoms with van der Waals surface area (Å²) in [5, 5.41) is 10.1. The molecule has 0 bridgehead atoms. The van der Waals surface area contributed by atoms with Crippen LogP contribution in [0.1, 0.15) is 25.3 Å². The Morgan fingerprint density at radius 1 is 1.36 bits per heavy atom. The van der Waals surface area contributed by atoms with Crippen molar-refractivity contribution in [1.82, 2.24) is 4.90 Å². The smallest absolute Gasteiger partial charge is 0.231 e. The predicted octanol–water partition coefficient (Wildman–Crippen LogP) is 2.02. The van der Waals surface area contributed by atoms with Gasteiger partial charge in [-0.15, -0.1) is 0 Å². The molecular formula is C17H25NO4. The normalized spacial score (nSPS) is 22.7. The summed E-state index contributed by atoms with van der Waals surface area (Å²) in [6.45, 7) is 6.26. The highest BCUT2D eigenvalue weighted by Crippen LogP contribution is 2.32. The number of fused-ring (bicyclic) bond motifs is 1. The number of hydrogen-bond acceptors (Lipinski definition) is 5. The number of benzene rings is 1. The number of likely N-dealkylation sites (tertiary alicyclic amines) is 1. The first-order valence-corrected chi connectivity index (χ1v) is 8.07. The zero-order valence-electron chi connectivity index (χ0n) is 13.2. The van der Waals surface area contributed by atoms with Crippen molar-refractivity contribution in [2.45, 2.75) is 32.5 Å². The van der Waals surface area contributed by atoms with Gasteiger partial charge in [0.2, 0.25) is 6.79 Å². The summed E-state index contributed by atoms with van der Waals surface area (Å²) in [6, 6.07) is 5.79. The Hall–Kier alpha value is -1.30. The van der Waals surface area contributed by atoms with Crippen LogP contribution < -0.4 is 9.47 Å². The van der Waals surface area contributed by atoms with Crippen LogP contribution in [0.15, 0.2) is 18.2 Å². The minimum atomic E-state index is -0.431. The van der Waals surface area contributed by atoms with E-state index in [0.717, 1.165) is 36.1 Å². The lowest BCUT2D eigenvalue weighted by molar-refractivity contribution is 0.00374. The van der Waals surface area contributed by atoms with Gasteiger partial charge >= 0.3 is 0 Å². The molecule has 0 saturated carbocycles. The van der Waals surface area contributed by atoms with Crippen molar-refractivity contribution >= 4 is 0 Å². The third-order valence-corrected chi connectivity index (χ3v) is 4.23. The Labute approximate surface area is 131 Å². The van der Waals surface area contributed by atoms with Crippen LogP contribution in [0.5, 0.6) is 11.5 Å². The number of nitrogens with zero attached hydrogens (tertiary/aromatic N) is 1. The fourth-order valence-electron chi connectivity index (χ4n) is 3.15. The lowest BCUT2D eigenvalue weighted by Gasteiger charge is -2.32. The van der Waals surface area contributed by atoms with Crippen LogP contribution >= 0.6 is 0 Å². The van der Waals surface area contributed by atoms with E-state index in [1.165, 1.54) is 12.8 Å². The van der Waals surface area contributed by atoms with Crippen LogP contribution in [0.2, 0.25) is 0 Å². The summed E-state index contributed by atoms with van der Waals surface area (Å²) in [5.74, 6) is 2.28. The van der Waals surface area contributed by atoms with Crippen LogP contribution in [-0.4, -0.2) is 49.1 Å². The maximum atomic E-state index is 10.1. The summed E-state index contributed by atoms with van der Waals surface area (Å²) in [6.07, 6.45) is 2.10. The van der Waals surface area contributed by atoms with E-state index in [9.17, 15) is 5.11 Å². The third-order valence-electron chi connectivity index (χ3n) is 4.23. The first kappa shape index (κ1) is 15.6. The van der Waals surface area contributed by atoms with Crippen molar-refractivity contribution in [2.75, 3.05) is 33.0 Å². The number of hydrogen-bond donors (Lipinski definition) is 1. The molecular weight excluding hydrogens is 282 g/mol. The molecule has 0 spiro atoms. The number of aliphatic hydroxyl groups excluding tert-OH is 1. The molecule has 3 rings (SSSR count). The average Bonchev–Trinajstić information content (AvgIpc) is 2.95. The highest BCUT2D eigenvalue weighted by molar-refractivity contribution is 5.44. The monoisotopic (exact) mass is 307 g/mol. The largest absolute Gasteiger partial charge is 0.454 e. The third kappa shape index (κ3) is 4.12. The second kappa shape index (κ2) is 7.31. The fraction of sp³-hybridized carbons (Fsp3) is 0.647. The van der Waals surface area contributed by atoms with Gasteiger partial charge < -0.3 is 24.2 Å². The maximum absolute atomic E-state index is 10.1. The van der Waals surface area contributed by atoms with E-state index in [2.05, 4.69) is 11.8 Å². The van der Waals surface area contributed by atoms with Crippen molar-refractivity contribution in [3.05, 3.63) is 23.8 Å². The van der Waals surface area contributed by atoms with E-state index >= 15 is 0 Å².